The zero-order chi connectivity index (χ0) is 16.8. The van der Waals surface area contributed by atoms with Crippen molar-refractivity contribution in [1.29, 1.82) is 0 Å². The average molecular weight is 326 g/mol. The van der Waals surface area contributed by atoms with Crippen molar-refractivity contribution in [2.24, 2.45) is 11.5 Å². The molecular weight excluding hydrogens is 303 g/mol. The van der Waals surface area contributed by atoms with Crippen LogP contribution in [0.25, 0.3) is 0 Å². The van der Waals surface area contributed by atoms with Crippen LogP contribution in [0.5, 0.6) is 0 Å². The number of hydrogen-bond acceptors (Lipinski definition) is 4. The molecule has 1 amide bonds. The maximum Gasteiger partial charge on any atom is 0.429 e. The molecule has 0 heterocycles. The van der Waals surface area contributed by atoms with Gasteiger partial charge in [0.1, 0.15) is 6.04 Å². The van der Waals surface area contributed by atoms with Crippen molar-refractivity contribution in [3.05, 3.63) is 60.2 Å². The molecular formula is C18H23BN2O3. The van der Waals surface area contributed by atoms with Crippen molar-refractivity contribution in [1.82, 2.24) is 0 Å². The van der Waals surface area contributed by atoms with Crippen LogP contribution in [0.4, 0.5) is 0 Å². The molecule has 0 aliphatic carbocycles. The third-order valence-electron chi connectivity index (χ3n) is 3.44. The van der Waals surface area contributed by atoms with Crippen LogP contribution >= 0.6 is 0 Å². The summed E-state index contributed by atoms with van der Waals surface area (Å²) in [5.74, 6) is -1.29. The monoisotopic (exact) mass is 326 g/mol. The van der Waals surface area contributed by atoms with Crippen molar-refractivity contribution in [3.63, 3.8) is 0 Å². The zero-order valence-corrected chi connectivity index (χ0v) is 12.9. The molecule has 0 aliphatic heterocycles. The number of primary amides is 1. The molecule has 5 nitrogen and oxygen atoms in total. The Morgan fingerprint density at radius 2 is 1.58 bits per heavy atom. The van der Waals surface area contributed by atoms with E-state index in [1.807, 2.05) is 61.5 Å². The van der Waals surface area contributed by atoms with E-state index in [0.29, 0.717) is 0 Å². The highest BCUT2D eigenvalue weighted by Gasteiger charge is 2.28. The maximum atomic E-state index is 12.1. The van der Waals surface area contributed by atoms with Crippen molar-refractivity contribution in [2.45, 2.75) is 26.8 Å². The van der Waals surface area contributed by atoms with Gasteiger partial charge in [0.25, 0.3) is 0 Å². The van der Waals surface area contributed by atoms with Crippen LogP contribution in [0.2, 0.25) is 0 Å². The lowest BCUT2D eigenvalue weighted by Crippen LogP contribution is -2.49. The number of rotatable bonds is 6. The summed E-state index contributed by atoms with van der Waals surface area (Å²) in [6, 6.07) is 16.0. The van der Waals surface area contributed by atoms with E-state index in [1.165, 1.54) is 0 Å². The van der Waals surface area contributed by atoms with Gasteiger partial charge in [0, 0.05) is 0 Å². The predicted molar refractivity (Wildman–Crippen MR) is 97.3 cm³/mol. The average Bonchev–Trinajstić information content (AvgIpc) is 2.53. The van der Waals surface area contributed by atoms with Crippen LogP contribution in [0.1, 0.15) is 19.4 Å². The first kappa shape index (κ1) is 19.5. The molecule has 2 rings (SSSR count). The molecule has 0 bridgehead atoms. The van der Waals surface area contributed by atoms with E-state index in [-0.39, 0.29) is 13.8 Å². The van der Waals surface area contributed by atoms with Gasteiger partial charge in [-0.05, 0) is 17.8 Å². The summed E-state index contributed by atoms with van der Waals surface area (Å²) in [7, 11) is 0. The summed E-state index contributed by atoms with van der Waals surface area (Å²) in [6.07, 6.45) is -0.242. The van der Waals surface area contributed by atoms with Gasteiger partial charge in [-0.1, -0.05) is 67.6 Å². The fourth-order valence-electron chi connectivity index (χ4n) is 2.20. The fourth-order valence-corrected chi connectivity index (χ4v) is 2.20. The molecule has 4 N–H and O–H groups in total. The lowest BCUT2D eigenvalue weighted by molar-refractivity contribution is -0.137. The molecule has 126 valence electrons. The van der Waals surface area contributed by atoms with Crippen molar-refractivity contribution in [3.8, 4) is 0 Å². The normalized spacial score (nSPS) is 11.1. The Morgan fingerprint density at radius 1 is 1.04 bits per heavy atom. The molecule has 1 unspecified atom stereocenters. The van der Waals surface area contributed by atoms with Gasteiger partial charge in [-0.25, -0.2) is 0 Å². The SMILES string of the molecule is C.Cc1ccc(B(OC(=O)C(N)CC(N)=O)c2ccccc2)cc1. The maximum absolute atomic E-state index is 12.1. The summed E-state index contributed by atoms with van der Waals surface area (Å²) in [5.41, 5.74) is 13.5. The van der Waals surface area contributed by atoms with E-state index in [1.54, 1.807) is 0 Å². The minimum Gasteiger partial charge on any atom is -0.525 e. The van der Waals surface area contributed by atoms with Crippen LogP contribution in [-0.2, 0) is 14.2 Å². The Bertz CT molecular complexity index is 674. The minimum absolute atomic E-state index is 0. The molecule has 0 aliphatic rings. The Labute approximate surface area is 143 Å². The fraction of sp³-hybridized carbons (Fsp3) is 0.222. The number of hydrogen-bond donors (Lipinski definition) is 2. The molecule has 6 heteroatoms. The van der Waals surface area contributed by atoms with Gasteiger partial charge >= 0.3 is 12.9 Å². The third kappa shape index (κ3) is 5.24. The lowest BCUT2D eigenvalue weighted by Gasteiger charge is -2.18. The summed E-state index contributed by atoms with van der Waals surface area (Å²) < 4.78 is 5.55. The predicted octanol–water partition coefficient (Wildman–Crippen LogP) is 0.483. The zero-order valence-electron chi connectivity index (χ0n) is 12.9. The molecule has 0 aromatic heterocycles. The first-order valence-corrected chi connectivity index (χ1v) is 7.33. The molecule has 24 heavy (non-hydrogen) atoms. The van der Waals surface area contributed by atoms with Gasteiger partial charge in [0.15, 0.2) is 0 Å². The van der Waals surface area contributed by atoms with E-state index in [9.17, 15) is 9.59 Å². The van der Waals surface area contributed by atoms with Gasteiger partial charge < -0.3 is 16.1 Å². The Hall–Kier alpha value is -2.60. The van der Waals surface area contributed by atoms with Gasteiger partial charge in [-0.15, -0.1) is 0 Å². The highest BCUT2D eigenvalue weighted by molar-refractivity contribution is 6.81. The van der Waals surface area contributed by atoms with Crippen LogP contribution in [0, 0.1) is 6.92 Å². The van der Waals surface area contributed by atoms with E-state index in [2.05, 4.69) is 0 Å². The molecule has 0 saturated heterocycles. The van der Waals surface area contributed by atoms with E-state index in [0.717, 1.165) is 16.5 Å². The highest BCUT2D eigenvalue weighted by atomic mass is 16.5. The number of carbonyl (C=O) groups excluding carboxylic acids is 2. The Morgan fingerprint density at radius 3 is 2.12 bits per heavy atom. The van der Waals surface area contributed by atoms with Gasteiger partial charge in [0.2, 0.25) is 5.91 Å². The topological polar surface area (TPSA) is 95.4 Å². The number of carbonyl (C=O) groups is 2. The second kappa shape index (κ2) is 8.89. The van der Waals surface area contributed by atoms with E-state index < -0.39 is 24.8 Å². The molecule has 0 spiro atoms. The second-order valence-electron chi connectivity index (χ2n) is 5.42. The van der Waals surface area contributed by atoms with Crippen LogP contribution in [-0.4, -0.2) is 24.8 Å². The van der Waals surface area contributed by atoms with Gasteiger partial charge in [-0.3, -0.25) is 9.59 Å². The van der Waals surface area contributed by atoms with Crippen molar-refractivity contribution < 1.29 is 14.2 Å². The lowest BCUT2D eigenvalue weighted by atomic mass is 9.55. The van der Waals surface area contributed by atoms with Gasteiger partial charge in [-0.2, -0.15) is 0 Å². The standard InChI is InChI=1S/C17H19BN2O3.CH4/c1-12-7-9-14(10-8-12)18(13-5-3-2-4-6-13)23-17(22)15(19)11-16(20)21;/h2-10,15H,11,19H2,1H3,(H2,20,21);1H4. The van der Waals surface area contributed by atoms with Crippen LogP contribution in [0.3, 0.4) is 0 Å². The Balaban J connectivity index is 0.00000288. The van der Waals surface area contributed by atoms with E-state index in [4.69, 9.17) is 16.1 Å². The minimum atomic E-state index is -1.07. The molecule has 1 atom stereocenters. The molecule has 0 radical (unpaired) electrons. The summed E-state index contributed by atoms with van der Waals surface area (Å²) in [4.78, 5) is 23.1. The first-order valence-electron chi connectivity index (χ1n) is 7.33. The number of nitrogens with two attached hydrogens (primary N) is 2. The smallest absolute Gasteiger partial charge is 0.429 e. The Kier molecular flexibility index (Phi) is 7.20. The summed E-state index contributed by atoms with van der Waals surface area (Å²) in [5, 5.41) is 0. The third-order valence-corrected chi connectivity index (χ3v) is 3.44. The highest BCUT2D eigenvalue weighted by Crippen LogP contribution is 2.01. The van der Waals surface area contributed by atoms with E-state index >= 15 is 0 Å². The summed E-state index contributed by atoms with van der Waals surface area (Å²) >= 11 is 0. The van der Waals surface area contributed by atoms with Gasteiger partial charge in [0.05, 0.1) is 6.42 Å². The molecule has 2 aromatic carbocycles. The number of benzene rings is 2. The molecule has 2 aromatic rings. The quantitative estimate of drug-likeness (QED) is 0.755. The second-order valence-corrected chi connectivity index (χ2v) is 5.42. The molecule has 0 saturated carbocycles. The largest absolute Gasteiger partial charge is 0.525 e. The van der Waals surface area contributed by atoms with Crippen LogP contribution < -0.4 is 22.4 Å². The molecule has 0 fully saturated rings. The first-order chi connectivity index (χ1) is 11.0. The number of aryl methyl sites for hydroxylation is 1. The summed E-state index contributed by atoms with van der Waals surface area (Å²) in [6.45, 7) is 1.40. The van der Waals surface area contributed by atoms with Crippen molar-refractivity contribution in [2.75, 3.05) is 0 Å². The number of amides is 1. The van der Waals surface area contributed by atoms with Crippen LogP contribution in [0.15, 0.2) is 54.6 Å². The van der Waals surface area contributed by atoms with Crippen molar-refractivity contribution >= 4 is 29.7 Å².